The number of carbonyl (C=O) groups is 1. The van der Waals surface area contributed by atoms with Gasteiger partial charge in [-0.1, -0.05) is 0 Å². The van der Waals surface area contributed by atoms with Crippen LogP contribution in [-0.2, 0) is 16.7 Å². The van der Waals surface area contributed by atoms with Gasteiger partial charge in [0.2, 0.25) is 0 Å². The smallest absolute Gasteiger partial charge is 0.401 e. The summed E-state index contributed by atoms with van der Waals surface area (Å²) < 4.78 is 30.7. The highest BCUT2D eigenvalue weighted by Crippen LogP contribution is 1.92. The van der Waals surface area contributed by atoms with Crippen molar-refractivity contribution in [3.63, 3.8) is 0 Å². The summed E-state index contributed by atoms with van der Waals surface area (Å²) in [5, 5.41) is 8.76. The van der Waals surface area contributed by atoms with Gasteiger partial charge >= 0.3 is 5.97 Å². The Balaban J connectivity index is 2.90. The first-order valence-electron chi connectivity index (χ1n) is 4.07. The zero-order valence-corrected chi connectivity index (χ0v) is 8.51. The van der Waals surface area contributed by atoms with Crippen molar-refractivity contribution in [1.82, 2.24) is 0 Å². The minimum atomic E-state index is -4.08. The summed E-state index contributed by atoms with van der Waals surface area (Å²) in [6, 6.07) is 4.47. The second-order valence-electron chi connectivity index (χ2n) is 2.87. The standard InChI is InChI=1S/C8H9NO5S/c10-8(11)7-3-1-2-4-9(7)5-6-15(12,13)14/h1-4H,5-6H2,(H-,10,11,12,13,14)/p+1. The van der Waals surface area contributed by atoms with E-state index in [-0.39, 0.29) is 12.2 Å². The van der Waals surface area contributed by atoms with Crippen LogP contribution in [0.15, 0.2) is 24.4 Å². The van der Waals surface area contributed by atoms with Gasteiger partial charge in [-0.05, 0) is 6.07 Å². The number of pyridine rings is 1. The third-order valence-corrected chi connectivity index (χ3v) is 2.45. The maximum Gasteiger partial charge on any atom is 0.401 e. The average Bonchev–Trinajstić information content (AvgIpc) is 2.14. The summed E-state index contributed by atoms with van der Waals surface area (Å²) in [5.74, 6) is -1.66. The molecule has 0 saturated heterocycles. The maximum absolute atomic E-state index is 10.7. The van der Waals surface area contributed by atoms with Crippen LogP contribution >= 0.6 is 0 Å². The number of carboxylic acids is 1. The Hall–Kier alpha value is -1.47. The fourth-order valence-electron chi connectivity index (χ4n) is 1.08. The van der Waals surface area contributed by atoms with Crippen LogP contribution in [-0.4, -0.2) is 29.8 Å². The fourth-order valence-corrected chi connectivity index (χ4v) is 1.51. The van der Waals surface area contributed by atoms with Crippen LogP contribution in [0.5, 0.6) is 0 Å². The van der Waals surface area contributed by atoms with Gasteiger partial charge in [-0.15, -0.1) is 0 Å². The monoisotopic (exact) mass is 232 g/mol. The Kier molecular flexibility index (Phi) is 3.38. The van der Waals surface area contributed by atoms with E-state index in [1.165, 1.54) is 22.9 Å². The molecule has 1 aromatic rings. The molecule has 0 aliphatic rings. The fraction of sp³-hybridized carbons (Fsp3) is 0.250. The number of aryl methyl sites for hydroxylation is 1. The van der Waals surface area contributed by atoms with Gasteiger partial charge in [-0.3, -0.25) is 4.55 Å². The van der Waals surface area contributed by atoms with Gasteiger partial charge in [0, 0.05) is 12.1 Å². The second-order valence-corrected chi connectivity index (χ2v) is 4.44. The van der Waals surface area contributed by atoms with Gasteiger partial charge in [-0.2, -0.15) is 13.0 Å². The molecular formula is C8H10NO5S+. The topological polar surface area (TPSA) is 95.5 Å². The molecule has 15 heavy (non-hydrogen) atoms. The Bertz CT molecular complexity index is 468. The quantitative estimate of drug-likeness (QED) is 0.542. The van der Waals surface area contributed by atoms with Crippen molar-refractivity contribution in [3.05, 3.63) is 30.1 Å². The molecule has 0 aliphatic carbocycles. The van der Waals surface area contributed by atoms with Crippen molar-refractivity contribution in [2.75, 3.05) is 5.75 Å². The lowest BCUT2D eigenvalue weighted by Gasteiger charge is -1.98. The molecular weight excluding hydrogens is 222 g/mol. The predicted molar refractivity (Wildman–Crippen MR) is 50.0 cm³/mol. The number of rotatable bonds is 4. The number of nitrogens with zero attached hydrogens (tertiary/aromatic N) is 1. The molecule has 7 heteroatoms. The van der Waals surface area contributed by atoms with Crippen LogP contribution in [0.1, 0.15) is 10.5 Å². The largest absolute Gasteiger partial charge is 0.473 e. The third kappa shape index (κ3) is 3.64. The maximum atomic E-state index is 10.7. The van der Waals surface area contributed by atoms with Crippen molar-refractivity contribution in [2.24, 2.45) is 0 Å². The van der Waals surface area contributed by atoms with Gasteiger partial charge in [-0.25, -0.2) is 4.79 Å². The van der Waals surface area contributed by atoms with Crippen molar-refractivity contribution in [3.8, 4) is 0 Å². The molecule has 0 amide bonds. The molecule has 0 unspecified atom stereocenters. The predicted octanol–water partition coefficient (Wildman–Crippen LogP) is -0.440. The van der Waals surface area contributed by atoms with E-state index < -0.39 is 21.8 Å². The number of aromatic carboxylic acids is 1. The molecule has 0 fully saturated rings. The van der Waals surface area contributed by atoms with Crippen molar-refractivity contribution < 1.29 is 27.4 Å². The molecule has 0 aromatic carbocycles. The van der Waals surface area contributed by atoms with Gasteiger partial charge < -0.3 is 5.11 Å². The van der Waals surface area contributed by atoms with E-state index in [1.54, 1.807) is 6.07 Å². The number of hydrogen-bond acceptors (Lipinski definition) is 3. The first-order valence-corrected chi connectivity index (χ1v) is 5.68. The SMILES string of the molecule is O=C(O)c1cccc[n+]1CCS(=O)(=O)O. The lowest BCUT2D eigenvalue weighted by Crippen LogP contribution is -2.42. The van der Waals surface area contributed by atoms with E-state index in [0.717, 1.165) is 0 Å². The van der Waals surface area contributed by atoms with E-state index in [1.807, 2.05) is 0 Å². The average molecular weight is 232 g/mol. The molecule has 0 aliphatic heterocycles. The van der Waals surface area contributed by atoms with E-state index in [4.69, 9.17) is 9.66 Å². The highest BCUT2D eigenvalue weighted by atomic mass is 32.2. The molecule has 1 aromatic heterocycles. The molecule has 0 bridgehead atoms. The van der Waals surface area contributed by atoms with Crippen LogP contribution in [0.25, 0.3) is 0 Å². The summed E-state index contributed by atoms with van der Waals surface area (Å²) in [6.07, 6.45) is 1.44. The van der Waals surface area contributed by atoms with E-state index in [0.29, 0.717) is 0 Å². The van der Waals surface area contributed by atoms with Crippen LogP contribution in [0.3, 0.4) is 0 Å². The Labute approximate surface area is 86.5 Å². The molecule has 0 spiro atoms. The molecule has 2 N–H and O–H groups in total. The highest BCUT2D eigenvalue weighted by Gasteiger charge is 2.18. The molecule has 1 heterocycles. The zero-order chi connectivity index (χ0) is 11.5. The first kappa shape index (κ1) is 11.6. The number of hydrogen-bond donors (Lipinski definition) is 2. The third-order valence-electron chi connectivity index (χ3n) is 1.75. The lowest BCUT2D eigenvalue weighted by atomic mass is 10.3. The van der Waals surface area contributed by atoms with Crippen molar-refractivity contribution >= 4 is 16.1 Å². The molecule has 82 valence electrons. The minimum Gasteiger partial charge on any atom is -0.473 e. The lowest BCUT2D eigenvalue weighted by molar-refractivity contribution is -0.695. The Morgan fingerprint density at radius 3 is 2.60 bits per heavy atom. The summed E-state index contributed by atoms with van der Waals surface area (Å²) in [7, 11) is -4.08. The van der Waals surface area contributed by atoms with Crippen molar-refractivity contribution in [1.29, 1.82) is 0 Å². The number of aromatic nitrogens is 1. The molecule has 6 nitrogen and oxygen atoms in total. The number of carboxylic acid groups (broad SMARTS) is 1. The van der Waals surface area contributed by atoms with Crippen LogP contribution in [0.2, 0.25) is 0 Å². The summed E-state index contributed by atoms with van der Waals surface area (Å²) in [6.45, 7) is -0.0959. The van der Waals surface area contributed by atoms with Crippen LogP contribution < -0.4 is 4.57 Å². The van der Waals surface area contributed by atoms with Crippen LogP contribution in [0, 0.1) is 0 Å². The van der Waals surface area contributed by atoms with Crippen molar-refractivity contribution in [2.45, 2.75) is 6.54 Å². The van der Waals surface area contributed by atoms with E-state index in [2.05, 4.69) is 0 Å². The zero-order valence-electron chi connectivity index (χ0n) is 7.70. The summed E-state index contributed by atoms with van der Waals surface area (Å²) >= 11 is 0. The van der Waals surface area contributed by atoms with Gasteiger partial charge in [0.05, 0.1) is 0 Å². The normalized spacial score (nSPS) is 11.3. The summed E-state index contributed by atoms with van der Waals surface area (Å²) in [4.78, 5) is 10.7. The second kappa shape index (κ2) is 4.37. The molecule has 0 saturated carbocycles. The van der Waals surface area contributed by atoms with E-state index >= 15 is 0 Å². The first-order chi connectivity index (χ1) is 6.90. The molecule has 0 atom stereocenters. The van der Waals surface area contributed by atoms with Gasteiger partial charge in [0.15, 0.2) is 12.7 Å². The van der Waals surface area contributed by atoms with Crippen LogP contribution in [0.4, 0.5) is 0 Å². The molecule has 1 rings (SSSR count). The van der Waals surface area contributed by atoms with E-state index in [9.17, 15) is 13.2 Å². The highest BCUT2D eigenvalue weighted by molar-refractivity contribution is 7.85. The minimum absolute atomic E-state index is 0.0267. The van der Waals surface area contributed by atoms with Gasteiger partial charge in [0.1, 0.15) is 5.75 Å². The summed E-state index contributed by atoms with van der Waals surface area (Å²) in [5.41, 5.74) is -0.0267. The molecule has 0 radical (unpaired) electrons. The Morgan fingerprint density at radius 1 is 1.40 bits per heavy atom. The Morgan fingerprint density at radius 2 is 2.07 bits per heavy atom. The van der Waals surface area contributed by atoms with Gasteiger partial charge in [0.25, 0.3) is 15.8 Å².